The number of amides is 1. The maximum absolute atomic E-state index is 13.0. The zero-order chi connectivity index (χ0) is 28.5. The van der Waals surface area contributed by atoms with Crippen molar-refractivity contribution < 1.29 is 28.8 Å². The Hall–Kier alpha value is -1.87. The number of carbonyl (C=O) groups is 1. The Kier molecular flexibility index (Phi) is 12.4. The number of hydrogen-bond donors (Lipinski definition) is 3. The van der Waals surface area contributed by atoms with Gasteiger partial charge in [0.25, 0.3) is 0 Å². The Morgan fingerprint density at radius 1 is 1.08 bits per heavy atom. The second-order valence-electron chi connectivity index (χ2n) is 12.2. The first-order valence-corrected chi connectivity index (χ1v) is 14.7. The summed E-state index contributed by atoms with van der Waals surface area (Å²) in [6.07, 6.45) is 1.92. The summed E-state index contributed by atoms with van der Waals surface area (Å²) in [4.78, 5) is 13.0. The quantitative estimate of drug-likeness (QED) is 0.240. The molecule has 8 heteroatoms. The topological polar surface area (TPSA) is 112 Å². The van der Waals surface area contributed by atoms with E-state index in [0.717, 1.165) is 37.4 Å². The molecule has 4 N–H and O–H groups in total. The van der Waals surface area contributed by atoms with Gasteiger partial charge in [-0.2, -0.15) is 0 Å². The van der Waals surface area contributed by atoms with Crippen molar-refractivity contribution in [1.29, 1.82) is 0 Å². The number of hydrogen-bond acceptors (Lipinski definition) is 7. The van der Waals surface area contributed by atoms with E-state index >= 15 is 0 Å². The molecule has 39 heavy (non-hydrogen) atoms. The molecule has 1 amide bonds. The van der Waals surface area contributed by atoms with Crippen LogP contribution in [-0.4, -0.2) is 70.4 Å². The molecule has 7 atom stereocenters. The molecule has 222 valence electrons. The van der Waals surface area contributed by atoms with Gasteiger partial charge < -0.3 is 35.1 Å². The van der Waals surface area contributed by atoms with E-state index in [9.17, 15) is 9.90 Å². The molecule has 4 unspecified atom stereocenters. The Morgan fingerprint density at radius 2 is 1.79 bits per heavy atom. The van der Waals surface area contributed by atoms with Gasteiger partial charge in [-0.05, 0) is 72.5 Å². The summed E-state index contributed by atoms with van der Waals surface area (Å²) in [7, 11) is 3.33. The Morgan fingerprint density at radius 3 is 2.41 bits per heavy atom. The van der Waals surface area contributed by atoms with Gasteiger partial charge in [-0.15, -0.1) is 0 Å². The fourth-order valence-electron chi connectivity index (χ4n) is 5.88. The molecule has 1 saturated heterocycles. The van der Waals surface area contributed by atoms with Crippen LogP contribution in [0.4, 0.5) is 0 Å². The monoisotopic (exact) mass is 548 g/mol. The molecular formula is C31H52N2O6. The molecule has 1 saturated carbocycles. The van der Waals surface area contributed by atoms with E-state index in [1.165, 1.54) is 0 Å². The van der Waals surface area contributed by atoms with Crippen LogP contribution in [0.15, 0.2) is 18.2 Å². The highest BCUT2D eigenvalue weighted by molar-refractivity contribution is 5.79. The van der Waals surface area contributed by atoms with Gasteiger partial charge in [0.15, 0.2) is 11.5 Å². The summed E-state index contributed by atoms with van der Waals surface area (Å²) in [6.45, 7) is 12.0. The average molecular weight is 549 g/mol. The first kappa shape index (κ1) is 31.7. The van der Waals surface area contributed by atoms with Gasteiger partial charge in [0, 0.05) is 38.6 Å². The SMILES string of the molecule is COCCCOc1cc(CC(C[C@H](N)C(O)CC(C(=O)NCC2[C@H]3COC[C@@H]23)C(C)C)C(C)C)ccc1OC. The molecule has 1 aliphatic heterocycles. The third-order valence-electron chi connectivity index (χ3n) is 8.77. The summed E-state index contributed by atoms with van der Waals surface area (Å²) >= 11 is 0. The number of benzene rings is 1. The Labute approximate surface area is 235 Å². The number of ether oxygens (including phenoxy) is 4. The van der Waals surface area contributed by atoms with Crippen LogP contribution in [0.2, 0.25) is 0 Å². The van der Waals surface area contributed by atoms with Gasteiger partial charge in [-0.25, -0.2) is 0 Å². The van der Waals surface area contributed by atoms with Crippen molar-refractivity contribution in [2.75, 3.05) is 47.2 Å². The lowest BCUT2D eigenvalue weighted by molar-refractivity contribution is -0.127. The molecule has 1 aromatic carbocycles. The number of methoxy groups -OCH3 is 2. The smallest absolute Gasteiger partial charge is 0.223 e. The maximum Gasteiger partial charge on any atom is 0.223 e. The molecule has 8 nitrogen and oxygen atoms in total. The Balaban J connectivity index is 1.54. The highest BCUT2D eigenvalue weighted by atomic mass is 16.5. The summed E-state index contributed by atoms with van der Waals surface area (Å²) in [5.41, 5.74) is 7.72. The zero-order valence-corrected chi connectivity index (χ0v) is 24.9. The predicted octanol–water partition coefficient (Wildman–Crippen LogP) is 3.67. The minimum Gasteiger partial charge on any atom is -0.493 e. The van der Waals surface area contributed by atoms with Crippen LogP contribution in [0.25, 0.3) is 0 Å². The van der Waals surface area contributed by atoms with Crippen LogP contribution in [0.5, 0.6) is 11.5 Å². The van der Waals surface area contributed by atoms with Crippen LogP contribution >= 0.6 is 0 Å². The summed E-state index contributed by atoms with van der Waals surface area (Å²) in [5.74, 6) is 3.73. The van der Waals surface area contributed by atoms with E-state index in [1.54, 1.807) is 14.2 Å². The highest BCUT2D eigenvalue weighted by Gasteiger charge is 2.53. The zero-order valence-electron chi connectivity index (χ0n) is 24.9. The normalized spacial score (nSPS) is 23.3. The molecule has 1 aromatic rings. The highest BCUT2D eigenvalue weighted by Crippen LogP contribution is 2.50. The van der Waals surface area contributed by atoms with Gasteiger partial charge in [0.2, 0.25) is 5.91 Å². The Bertz CT molecular complexity index is 884. The van der Waals surface area contributed by atoms with E-state index < -0.39 is 12.1 Å². The second-order valence-corrected chi connectivity index (χ2v) is 12.2. The fourth-order valence-corrected chi connectivity index (χ4v) is 5.88. The van der Waals surface area contributed by atoms with Crippen LogP contribution in [-0.2, 0) is 20.7 Å². The second kappa shape index (κ2) is 15.2. The van der Waals surface area contributed by atoms with E-state index in [-0.39, 0.29) is 23.7 Å². The summed E-state index contributed by atoms with van der Waals surface area (Å²) < 4.78 is 22.0. The molecule has 0 bridgehead atoms. The van der Waals surface area contributed by atoms with Crippen molar-refractivity contribution in [2.24, 2.45) is 47.2 Å². The van der Waals surface area contributed by atoms with Gasteiger partial charge in [0.05, 0.1) is 33.0 Å². The molecule has 0 radical (unpaired) electrons. The molecule has 3 rings (SSSR count). The van der Waals surface area contributed by atoms with Crippen LogP contribution in [0, 0.1) is 41.4 Å². The minimum atomic E-state index is -0.742. The third-order valence-corrected chi connectivity index (χ3v) is 8.77. The third kappa shape index (κ3) is 9.07. The van der Waals surface area contributed by atoms with E-state index in [4.69, 9.17) is 24.7 Å². The van der Waals surface area contributed by atoms with E-state index in [0.29, 0.717) is 62.0 Å². The van der Waals surface area contributed by atoms with Crippen molar-refractivity contribution >= 4 is 5.91 Å². The van der Waals surface area contributed by atoms with Crippen LogP contribution in [0.3, 0.4) is 0 Å². The first-order valence-electron chi connectivity index (χ1n) is 14.7. The number of carbonyl (C=O) groups excluding carboxylic acids is 1. The standard InChI is InChI=1S/C31H52N2O6/c1-19(2)22(12-21-8-9-29(37-6)30(13-21)39-11-7-10-36-5)14-27(32)28(34)15-23(20(3)4)31(35)33-16-24-25-17-38-18-26(24)25/h8-9,13,19-20,22-28,34H,7,10-12,14-18,32H2,1-6H3,(H,33,35)/t22?,23?,24?,25-,26+,27-,28?/m0/s1. The number of nitrogens with two attached hydrogens (primary N) is 1. The molecule has 1 heterocycles. The minimum absolute atomic E-state index is 0.0267. The van der Waals surface area contributed by atoms with E-state index in [1.807, 2.05) is 26.0 Å². The number of aliphatic hydroxyl groups is 1. The molecule has 0 spiro atoms. The lowest BCUT2D eigenvalue weighted by atomic mass is 9.81. The molecule has 1 aliphatic carbocycles. The van der Waals surface area contributed by atoms with Crippen molar-refractivity contribution in [3.8, 4) is 11.5 Å². The first-order chi connectivity index (χ1) is 18.7. The lowest BCUT2D eigenvalue weighted by Gasteiger charge is -2.30. The molecule has 2 aliphatic rings. The number of fused-ring (bicyclic) bond motifs is 1. The van der Waals surface area contributed by atoms with Crippen molar-refractivity contribution in [3.05, 3.63) is 23.8 Å². The fraction of sp³-hybridized carbons (Fsp3) is 0.774. The van der Waals surface area contributed by atoms with Crippen molar-refractivity contribution in [3.63, 3.8) is 0 Å². The number of aliphatic hydroxyl groups excluding tert-OH is 1. The van der Waals surface area contributed by atoms with Crippen molar-refractivity contribution in [1.82, 2.24) is 5.32 Å². The largest absolute Gasteiger partial charge is 0.493 e. The number of nitrogens with one attached hydrogen (secondary N) is 1. The van der Waals surface area contributed by atoms with Gasteiger partial charge in [-0.1, -0.05) is 33.8 Å². The van der Waals surface area contributed by atoms with Gasteiger partial charge in [-0.3, -0.25) is 4.79 Å². The molecule has 2 fully saturated rings. The van der Waals surface area contributed by atoms with Crippen molar-refractivity contribution in [2.45, 2.75) is 65.5 Å². The summed E-state index contributed by atoms with van der Waals surface area (Å²) in [6, 6.07) is 5.65. The van der Waals surface area contributed by atoms with Gasteiger partial charge >= 0.3 is 0 Å². The van der Waals surface area contributed by atoms with E-state index in [2.05, 4.69) is 25.2 Å². The van der Waals surface area contributed by atoms with Crippen LogP contribution in [0.1, 0.15) is 52.5 Å². The van der Waals surface area contributed by atoms with Gasteiger partial charge in [0.1, 0.15) is 0 Å². The molecular weight excluding hydrogens is 496 g/mol. The number of rotatable bonds is 18. The maximum atomic E-state index is 13.0. The average Bonchev–Trinajstić information content (AvgIpc) is 3.32. The summed E-state index contributed by atoms with van der Waals surface area (Å²) in [5, 5.41) is 14.2. The molecule has 0 aromatic heterocycles. The van der Waals surface area contributed by atoms with Crippen LogP contribution < -0.4 is 20.5 Å². The lowest BCUT2D eigenvalue weighted by Crippen LogP contribution is -2.43. The predicted molar refractivity (Wildman–Crippen MR) is 153 cm³/mol.